The van der Waals surface area contributed by atoms with Crippen LogP contribution in [0.2, 0.25) is 0 Å². The van der Waals surface area contributed by atoms with Gasteiger partial charge in [-0.05, 0) is 30.5 Å². The molecule has 2 aromatic heterocycles. The molecule has 2 N–H and O–H groups in total. The molecule has 31 heavy (non-hydrogen) atoms. The Morgan fingerprint density at radius 3 is 2.48 bits per heavy atom. The molecule has 0 aliphatic heterocycles. The number of benzene rings is 2. The van der Waals surface area contributed by atoms with Crippen molar-refractivity contribution in [2.24, 2.45) is 0 Å². The molecule has 0 bridgehead atoms. The minimum atomic E-state index is -0.420. The number of hydrogen-bond donors (Lipinski definition) is 2. The van der Waals surface area contributed by atoms with E-state index in [0.29, 0.717) is 22.7 Å². The Morgan fingerprint density at radius 2 is 1.77 bits per heavy atom. The molecular formula is C23H23N5O2S. The third-order valence-corrected chi connectivity index (χ3v) is 6.01. The zero-order chi connectivity index (χ0) is 21.8. The van der Waals surface area contributed by atoms with Gasteiger partial charge in [0.15, 0.2) is 10.8 Å². The van der Waals surface area contributed by atoms with E-state index in [1.54, 1.807) is 11.6 Å². The van der Waals surface area contributed by atoms with Crippen molar-refractivity contribution < 1.29 is 4.79 Å². The number of nitrogens with one attached hydrogen (secondary N) is 2. The van der Waals surface area contributed by atoms with Crippen molar-refractivity contribution in [3.05, 3.63) is 82.8 Å². The molecule has 0 spiro atoms. The highest BCUT2D eigenvalue weighted by Gasteiger charge is 2.19. The zero-order valence-corrected chi connectivity index (χ0v) is 18.1. The minimum absolute atomic E-state index is 0.105. The Labute approximate surface area is 183 Å². The second-order valence-electron chi connectivity index (χ2n) is 7.32. The zero-order valence-electron chi connectivity index (χ0n) is 17.3. The number of fused-ring (bicyclic) bond motifs is 1. The molecule has 7 nitrogen and oxygen atoms in total. The van der Waals surface area contributed by atoms with Crippen molar-refractivity contribution in [1.29, 1.82) is 0 Å². The van der Waals surface area contributed by atoms with Crippen LogP contribution in [0.5, 0.6) is 0 Å². The number of nitrogens with zero attached hydrogens (tertiary/aromatic N) is 3. The van der Waals surface area contributed by atoms with Crippen molar-refractivity contribution >= 4 is 28.7 Å². The third kappa shape index (κ3) is 4.69. The lowest BCUT2D eigenvalue weighted by Crippen LogP contribution is -2.33. The van der Waals surface area contributed by atoms with Crippen LogP contribution in [0, 0.1) is 0 Å². The standard InChI is InChI=1S/C23H23N5O2S/c1-15(17-9-5-3-6-10-17)13-24-21(29)16(2)31-23-26-20-19(22(30)27-23)14-25-28(20)18-11-7-4-8-12-18/h3-12,14-16H,13H2,1-2H3,(H,24,29)(H,26,27,30). The Morgan fingerprint density at radius 1 is 1.10 bits per heavy atom. The summed E-state index contributed by atoms with van der Waals surface area (Å²) < 4.78 is 1.63. The van der Waals surface area contributed by atoms with Crippen LogP contribution in [0.3, 0.4) is 0 Å². The molecule has 0 aliphatic carbocycles. The summed E-state index contributed by atoms with van der Waals surface area (Å²) in [5, 5.41) is 7.66. The van der Waals surface area contributed by atoms with Crippen LogP contribution in [-0.4, -0.2) is 37.5 Å². The van der Waals surface area contributed by atoms with Crippen molar-refractivity contribution in [2.75, 3.05) is 6.54 Å². The first-order chi connectivity index (χ1) is 15.0. The average Bonchev–Trinajstić information content (AvgIpc) is 3.23. The number of aromatic amines is 1. The van der Waals surface area contributed by atoms with Crippen LogP contribution in [0.25, 0.3) is 16.7 Å². The highest BCUT2D eigenvalue weighted by atomic mass is 32.2. The number of carbonyl (C=O) groups excluding carboxylic acids is 1. The maximum absolute atomic E-state index is 12.6. The van der Waals surface area contributed by atoms with Gasteiger partial charge < -0.3 is 10.3 Å². The van der Waals surface area contributed by atoms with E-state index >= 15 is 0 Å². The predicted molar refractivity (Wildman–Crippen MR) is 123 cm³/mol. The Hall–Kier alpha value is -3.39. The number of thioether (sulfide) groups is 1. The second-order valence-corrected chi connectivity index (χ2v) is 8.65. The first-order valence-corrected chi connectivity index (χ1v) is 10.9. The molecule has 2 atom stereocenters. The summed E-state index contributed by atoms with van der Waals surface area (Å²) in [7, 11) is 0. The Balaban J connectivity index is 1.47. The molecule has 158 valence electrons. The van der Waals surface area contributed by atoms with Gasteiger partial charge >= 0.3 is 0 Å². The van der Waals surface area contributed by atoms with Gasteiger partial charge in [-0.1, -0.05) is 67.2 Å². The number of para-hydroxylation sites is 1. The largest absolute Gasteiger partial charge is 0.355 e. The monoisotopic (exact) mass is 433 g/mol. The lowest BCUT2D eigenvalue weighted by atomic mass is 10.0. The number of amides is 1. The van der Waals surface area contributed by atoms with Gasteiger partial charge in [0, 0.05) is 6.54 Å². The van der Waals surface area contributed by atoms with Crippen LogP contribution in [0.1, 0.15) is 25.3 Å². The lowest BCUT2D eigenvalue weighted by Gasteiger charge is -2.15. The molecule has 0 aliphatic rings. The number of aromatic nitrogens is 4. The predicted octanol–water partition coefficient (Wildman–Crippen LogP) is 3.51. The van der Waals surface area contributed by atoms with E-state index in [0.717, 1.165) is 5.69 Å². The number of carbonyl (C=O) groups is 1. The van der Waals surface area contributed by atoms with Crippen molar-refractivity contribution in [1.82, 2.24) is 25.1 Å². The molecule has 2 heterocycles. The van der Waals surface area contributed by atoms with Gasteiger partial charge in [-0.15, -0.1) is 0 Å². The summed E-state index contributed by atoms with van der Waals surface area (Å²) in [5.41, 5.74) is 2.17. The van der Waals surface area contributed by atoms with Gasteiger partial charge in [0.05, 0.1) is 17.1 Å². The fourth-order valence-corrected chi connectivity index (χ4v) is 4.05. The summed E-state index contributed by atoms with van der Waals surface area (Å²) >= 11 is 1.22. The smallest absolute Gasteiger partial charge is 0.262 e. The summed E-state index contributed by atoms with van der Waals surface area (Å²) in [6, 6.07) is 19.6. The first kappa shape index (κ1) is 20.9. The average molecular weight is 434 g/mol. The molecule has 0 radical (unpaired) electrons. The molecule has 4 aromatic rings. The molecular weight excluding hydrogens is 410 g/mol. The molecule has 2 unspecified atom stereocenters. The topological polar surface area (TPSA) is 92.7 Å². The highest BCUT2D eigenvalue weighted by molar-refractivity contribution is 8.00. The number of H-pyrrole nitrogens is 1. The third-order valence-electron chi connectivity index (χ3n) is 5.03. The highest BCUT2D eigenvalue weighted by Crippen LogP contribution is 2.22. The van der Waals surface area contributed by atoms with Gasteiger partial charge in [0.2, 0.25) is 5.91 Å². The lowest BCUT2D eigenvalue weighted by molar-refractivity contribution is -0.120. The summed E-state index contributed by atoms with van der Waals surface area (Å²) in [5.74, 6) is 0.101. The van der Waals surface area contributed by atoms with Gasteiger partial charge in [0.25, 0.3) is 5.56 Å². The van der Waals surface area contributed by atoms with Gasteiger partial charge in [-0.25, -0.2) is 9.67 Å². The van der Waals surface area contributed by atoms with E-state index in [-0.39, 0.29) is 17.4 Å². The number of rotatable bonds is 7. The van der Waals surface area contributed by atoms with E-state index in [4.69, 9.17) is 0 Å². The number of hydrogen-bond acceptors (Lipinski definition) is 5. The van der Waals surface area contributed by atoms with Crippen molar-refractivity contribution in [2.45, 2.75) is 30.2 Å². The van der Waals surface area contributed by atoms with E-state index in [2.05, 4.69) is 39.4 Å². The Bertz CT molecular complexity index is 1240. The van der Waals surface area contributed by atoms with Crippen LogP contribution < -0.4 is 10.9 Å². The maximum Gasteiger partial charge on any atom is 0.262 e. The fraction of sp³-hybridized carbons (Fsp3) is 0.217. The van der Waals surface area contributed by atoms with Gasteiger partial charge in [-0.3, -0.25) is 9.59 Å². The van der Waals surface area contributed by atoms with Crippen molar-refractivity contribution in [3.8, 4) is 5.69 Å². The molecule has 8 heteroatoms. The van der Waals surface area contributed by atoms with E-state index in [9.17, 15) is 9.59 Å². The molecule has 4 rings (SSSR count). The van der Waals surface area contributed by atoms with E-state index < -0.39 is 5.25 Å². The normalized spacial score (nSPS) is 13.1. The van der Waals surface area contributed by atoms with Gasteiger partial charge in [-0.2, -0.15) is 5.10 Å². The first-order valence-electron chi connectivity index (χ1n) is 10.1. The summed E-state index contributed by atoms with van der Waals surface area (Å²) in [6.07, 6.45) is 1.50. The van der Waals surface area contributed by atoms with Crippen LogP contribution >= 0.6 is 11.8 Å². The second kappa shape index (κ2) is 9.18. The van der Waals surface area contributed by atoms with Crippen molar-refractivity contribution in [3.63, 3.8) is 0 Å². The molecule has 1 amide bonds. The minimum Gasteiger partial charge on any atom is -0.355 e. The molecule has 2 aromatic carbocycles. The maximum atomic E-state index is 12.6. The summed E-state index contributed by atoms with van der Waals surface area (Å²) in [6.45, 7) is 4.41. The fourth-order valence-electron chi connectivity index (χ4n) is 3.23. The molecule has 0 saturated carbocycles. The van der Waals surface area contributed by atoms with Crippen LogP contribution in [0.15, 0.2) is 76.8 Å². The Kier molecular flexibility index (Phi) is 6.18. The van der Waals surface area contributed by atoms with Crippen LogP contribution in [0.4, 0.5) is 0 Å². The SMILES string of the molecule is CC(Sc1nc2c(cnn2-c2ccccc2)c(=O)[nH]1)C(=O)NCC(C)c1ccccc1. The van der Waals surface area contributed by atoms with Gasteiger partial charge in [0.1, 0.15) is 5.39 Å². The molecule has 0 fully saturated rings. The van der Waals surface area contributed by atoms with E-state index in [1.807, 2.05) is 48.5 Å². The molecule has 0 saturated heterocycles. The van der Waals surface area contributed by atoms with E-state index in [1.165, 1.54) is 23.5 Å². The quantitative estimate of drug-likeness (QED) is 0.344. The summed E-state index contributed by atoms with van der Waals surface area (Å²) in [4.78, 5) is 32.4. The van der Waals surface area contributed by atoms with Crippen LogP contribution in [-0.2, 0) is 4.79 Å².